The maximum atomic E-state index is 10.9. The van der Waals surface area contributed by atoms with Crippen LogP contribution in [0.15, 0.2) is 0 Å². The SMILES string of the molecule is CC(C)CCNC1CC(C(C)C)CN(CC(=O)O)C1. The molecule has 0 bridgehead atoms. The summed E-state index contributed by atoms with van der Waals surface area (Å²) < 4.78 is 0. The highest BCUT2D eigenvalue weighted by atomic mass is 16.4. The van der Waals surface area contributed by atoms with Gasteiger partial charge in [0.05, 0.1) is 6.54 Å². The van der Waals surface area contributed by atoms with Crippen LogP contribution in [0.4, 0.5) is 0 Å². The summed E-state index contributed by atoms with van der Waals surface area (Å²) in [4.78, 5) is 13.0. The van der Waals surface area contributed by atoms with Crippen LogP contribution in [0.25, 0.3) is 0 Å². The Kier molecular flexibility index (Phi) is 6.80. The molecule has 1 aliphatic rings. The van der Waals surface area contributed by atoms with Gasteiger partial charge in [-0.15, -0.1) is 0 Å². The molecule has 4 nitrogen and oxygen atoms in total. The van der Waals surface area contributed by atoms with E-state index >= 15 is 0 Å². The Balaban J connectivity index is 2.47. The Morgan fingerprint density at radius 1 is 1.32 bits per heavy atom. The Morgan fingerprint density at radius 2 is 2.00 bits per heavy atom. The van der Waals surface area contributed by atoms with Crippen LogP contribution < -0.4 is 5.32 Å². The molecule has 112 valence electrons. The lowest BCUT2D eigenvalue weighted by atomic mass is 9.85. The molecule has 0 aliphatic carbocycles. The molecule has 1 heterocycles. The minimum Gasteiger partial charge on any atom is -0.480 e. The first-order valence-electron chi connectivity index (χ1n) is 7.56. The second-order valence-electron chi connectivity index (χ2n) is 6.66. The third-order valence-electron chi connectivity index (χ3n) is 4.01. The number of hydrogen-bond acceptors (Lipinski definition) is 3. The number of hydrogen-bond donors (Lipinski definition) is 2. The second-order valence-corrected chi connectivity index (χ2v) is 6.66. The third kappa shape index (κ3) is 6.39. The van der Waals surface area contributed by atoms with Crippen molar-refractivity contribution in [2.24, 2.45) is 17.8 Å². The summed E-state index contributed by atoms with van der Waals surface area (Å²) in [7, 11) is 0. The first kappa shape index (κ1) is 16.4. The lowest BCUT2D eigenvalue weighted by molar-refractivity contribution is -0.139. The van der Waals surface area contributed by atoms with Crippen molar-refractivity contribution < 1.29 is 9.90 Å². The van der Waals surface area contributed by atoms with Crippen molar-refractivity contribution in [1.82, 2.24) is 10.2 Å². The molecule has 2 atom stereocenters. The van der Waals surface area contributed by atoms with Gasteiger partial charge in [-0.3, -0.25) is 9.69 Å². The summed E-state index contributed by atoms with van der Waals surface area (Å²) in [5.74, 6) is 1.22. The van der Waals surface area contributed by atoms with Crippen molar-refractivity contribution in [2.45, 2.75) is 46.6 Å². The number of nitrogens with zero attached hydrogens (tertiary/aromatic N) is 1. The van der Waals surface area contributed by atoms with Gasteiger partial charge in [-0.25, -0.2) is 0 Å². The maximum absolute atomic E-state index is 10.9. The number of carboxylic acids is 1. The van der Waals surface area contributed by atoms with Gasteiger partial charge in [0, 0.05) is 19.1 Å². The van der Waals surface area contributed by atoms with E-state index in [0.717, 1.165) is 19.6 Å². The number of aliphatic carboxylic acids is 1. The smallest absolute Gasteiger partial charge is 0.317 e. The molecule has 0 amide bonds. The van der Waals surface area contributed by atoms with E-state index in [-0.39, 0.29) is 6.54 Å². The molecule has 2 N–H and O–H groups in total. The molecule has 1 fully saturated rings. The van der Waals surface area contributed by atoms with Crippen LogP contribution in [0.2, 0.25) is 0 Å². The summed E-state index contributed by atoms with van der Waals surface area (Å²) in [5.41, 5.74) is 0. The molecule has 19 heavy (non-hydrogen) atoms. The van der Waals surface area contributed by atoms with E-state index < -0.39 is 5.97 Å². The van der Waals surface area contributed by atoms with Gasteiger partial charge in [0.1, 0.15) is 0 Å². The molecule has 1 aliphatic heterocycles. The van der Waals surface area contributed by atoms with Gasteiger partial charge in [0.2, 0.25) is 0 Å². The van der Waals surface area contributed by atoms with Crippen LogP contribution in [0.3, 0.4) is 0 Å². The predicted octanol–water partition coefficient (Wildman–Crippen LogP) is 2.05. The zero-order chi connectivity index (χ0) is 14.4. The molecular formula is C15H30N2O2. The van der Waals surface area contributed by atoms with Gasteiger partial charge in [0.25, 0.3) is 0 Å². The van der Waals surface area contributed by atoms with Crippen LogP contribution in [0.5, 0.6) is 0 Å². The largest absolute Gasteiger partial charge is 0.480 e. The van der Waals surface area contributed by atoms with Gasteiger partial charge in [0.15, 0.2) is 0 Å². The molecule has 0 radical (unpaired) electrons. The summed E-state index contributed by atoms with van der Waals surface area (Å²) in [5, 5.41) is 12.6. The molecule has 1 saturated heterocycles. The van der Waals surface area contributed by atoms with Crippen molar-refractivity contribution in [1.29, 1.82) is 0 Å². The fourth-order valence-corrected chi connectivity index (χ4v) is 2.76. The van der Waals surface area contributed by atoms with E-state index in [1.54, 1.807) is 0 Å². The molecular weight excluding hydrogens is 240 g/mol. The molecule has 0 aromatic heterocycles. The maximum Gasteiger partial charge on any atom is 0.317 e. The lowest BCUT2D eigenvalue weighted by Gasteiger charge is -2.39. The number of carboxylic acid groups (broad SMARTS) is 1. The second kappa shape index (κ2) is 7.85. The van der Waals surface area contributed by atoms with Crippen molar-refractivity contribution in [3.8, 4) is 0 Å². The van der Waals surface area contributed by atoms with Crippen molar-refractivity contribution in [2.75, 3.05) is 26.2 Å². The lowest BCUT2D eigenvalue weighted by Crippen LogP contribution is -2.51. The minimum absolute atomic E-state index is 0.172. The van der Waals surface area contributed by atoms with E-state index in [0.29, 0.717) is 23.8 Å². The Morgan fingerprint density at radius 3 is 2.53 bits per heavy atom. The highest BCUT2D eigenvalue weighted by molar-refractivity contribution is 5.69. The summed E-state index contributed by atoms with van der Waals surface area (Å²) in [6, 6.07) is 0.444. The Labute approximate surface area is 117 Å². The van der Waals surface area contributed by atoms with Crippen molar-refractivity contribution in [3.05, 3.63) is 0 Å². The molecule has 0 saturated carbocycles. The molecule has 4 heteroatoms. The molecule has 0 aromatic carbocycles. The number of piperidine rings is 1. The van der Waals surface area contributed by atoms with Crippen LogP contribution in [0.1, 0.15) is 40.5 Å². The van der Waals surface area contributed by atoms with Crippen LogP contribution in [-0.2, 0) is 4.79 Å². The molecule has 0 spiro atoms. The van der Waals surface area contributed by atoms with Crippen LogP contribution >= 0.6 is 0 Å². The highest BCUT2D eigenvalue weighted by Crippen LogP contribution is 2.23. The van der Waals surface area contributed by atoms with E-state index in [9.17, 15) is 4.79 Å². The number of nitrogens with one attached hydrogen (secondary N) is 1. The summed E-state index contributed by atoms with van der Waals surface area (Å²) in [6.45, 7) is 11.9. The Hall–Kier alpha value is -0.610. The van der Waals surface area contributed by atoms with E-state index in [1.165, 1.54) is 12.8 Å². The number of carbonyl (C=O) groups is 1. The van der Waals surface area contributed by atoms with Gasteiger partial charge in [-0.05, 0) is 37.1 Å². The third-order valence-corrected chi connectivity index (χ3v) is 4.01. The van der Waals surface area contributed by atoms with Gasteiger partial charge in [-0.2, -0.15) is 0 Å². The van der Waals surface area contributed by atoms with Crippen molar-refractivity contribution in [3.63, 3.8) is 0 Å². The normalized spacial score (nSPS) is 25.2. The van der Waals surface area contributed by atoms with E-state index in [1.807, 2.05) is 0 Å². The zero-order valence-electron chi connectivity index (χ0n) is 12.9. The minimum atomic E-state index is -0.717. The average molecular weight is 270 g/mol. The van der Waals surface area contributed by atoms with Gasteiger partial charge in [-0.1, -0.05) is 27.7 Å². The quantitative estimate of drug-likeness (QED) is 0.743. The van der Waals surface area contributed by atoms with Crippen LogP contribution in [0, 0.1) is 17.8 Å². The van der Waals surface area contributed by atoms with Gasteiger partial charge < -0.3 is 10.4 Å². The first-order chi connectivity index (χ1) is 8.88. The number of likely N-dealkylation sites (tertiary alicyclic amines) is 1. The van der Waals surface area contributed by atoms with Crippen molar-refractivity contribution >= 4 is 5.97 Å². The fraction of sp³-hybridized carbons (Fsp3) is 0.933. The van der Waals surface area contributed by atoms with E-state index in [4.69, 9.17) is 5.11 Å². The zero-order valence-corrected chi connectivity index (χ0v) is 12.9. The molecule has 2 unspecified atom stereocenters. The average Bonchev–Trinajstić information content (AvgIpc) is 2.27. The van der Waals surface area contributed by atoms with Gasteiger partial charge >= 0.3 is 5.97 Å². The molecule has 1 rings (SSSR count). The number of rotatable bonds is 7. The monoisotopic (exact) mass is 270 g/mol. The topological polar surface area (TPSA) is 52.6 Å². The van der Waals surface area contributed by atoms with Crippen LogP contribution in [-0.4, -0.2) is 48.2 Å². The fourth-order valence-electron chi connectivity index (χ4n) is 2.76. The predicted molar refractivity (Wildman–Crippen MR) is 78.3 cm³/mol. The summed E-state index contributed by atoms with van der Waals surface area (Å²) >= 11 is 0. The Bertz CT molecular complexity index is 279. The first-order valence-corrected chi connectivity index (χ1v) is 7.56. The summed E-state index contributed by atoms with van der Waals surface area (Å²) in [6.07, 6.45) is 2.35. The standard InChI is InChI=1S/C15H30N2O2/c1-11(2)5-6-16-14-7-13(12(3)4)8-17(9-14)10-15(18)19/h11-14,16H,5-10H2,1-4H3,(H,18,19). The van der Waals surface area contributed by atoms with E-state index in [2.05, 4.69) is 37.9 Å². The highest BCUT2D eigenvalue weighted by Gasteiger charge is 2.29. The molecule has 0 aromatic rings.